The molecule has 0 heterocycles. The standard InChI is InChI=1S/C14H19ClN2O3S/c1-9(14(18)17-11-4-2-3-5-11)21(19,20)13-8-10(15)6-7-12(13)16/h6-9,11H,2-5,16H2,1H3,(H,17,18). The number of nitrogens with two attached hydrogens (primary N) is 1. The molecule has 2 rings (SSSR count). The third kappa shape index (κ3) is 3.49. The molecule has 0 aliphatic heterocycles. The maximum absolute atomic E-state index is 12.5. The van der Waals surface area contributed by atoms with Crippen molar-refractivity contribution in [3.05, 3.63) is 23.2 Å². The minimum absolute atomic E-state index is 0.0758. The molecule has 1 amide bonds. The first-order valence-corrected chi connectivity index (χ1v) is 8.84. The Bertz CT molecular complexity index is 640. The Kier molecular flexibility index (Phi) is 4.78. The van der Waals surface area contributed by atoms with Crippen molar-refractivity contribution in [2.24, 2.45) is 0 Å². The van der Waals surface area contributed by atoms with E-state index in [1.54, 1.807) is 0 Å². The Labute approximate surface area is 129 Å². The Morgan fingerprint density at radius 3 is 2.62 bits per heavy atom. The van der Waals surface area contributed by atoms with E-state index in [-0.39, 0.29) is 21.6 Å². The molecule has 5 nitrogen and oxygen atoms in total. The lowest BCUT2D eigenvalue weighted by Crippen LogP contribution is -2.42. The molecule has 1 aliphatic carbocycles. The first-order valence-electron chi connectivity index (χ1n) is 6.91. The van der Waals surface area contributed by atoms with Gasteiger partial charge in [-0.25, -0.2) is 8.42 Å². The van der Waals surface area contributed by atoms with Gasteiger partial charge in [-0.3, -0.25) is 4.79 Å². The number of benzene rings is 1. The number of nitrogens with one attached hydrogen (secondary N) is 1. The molecule has 0 aromatic heterocycles. The quantitative estimate of drug-likeness (QED) is 0.828. The van der Waals surface area contributed by atoms with Gasteiger partial charge in [-0.15, -0.1) is 0 Å². The van der Waals surface area contributed by atoms with E-state index in [2.05, 4.69) is 5.32 Å². The topological polar surface area (TPSA) is 89.3 Å². The van der Waals surface area contributed by atoms with Gasteiger partial charge in [-0.05, 0) is 38.0 Å². The largest absolute Gasteiger partial charge is 0.398 e. The van der Waals surface area contributed by atoms with E-state index in [0.29, 0.717) is 0 Å². The van der Waals surface area contributed by atoms with E-state index in [1.807, 2.05) is 0 Å². The van der Waals surface area contributed by atoms with E-state index in [1.165, 1.54) is 25.1 Å². The molecule has 7 heteroatoms. The lowest BCUT2D eigenvalue weighted by molar-refractivity contribution is -0.121. The third-order valence-corrected chi connectivity index (χ3v) is 6.17. The predicted molar refractivity (Wildman–Crippen MR) is 82.9 cm³/mol. The first kappa shape index (κ1) is 16.1. The van der Waals surface area contributed by atoms with Crippen molar-refractivity contribution in [2.45, 2.75) is 48.8 Å². The highest BCUT2D eigenvalue weighted by Crippen LogP contribution is 2.26. The number of anilines is 1. The highest BCUT2D eigenvalue weighted by Gasteiger charge is 2.32. The molecule has 0 spiro atoms. The molecule has 0 saturated heterocycles. The van der Waals surface area contributed by atoms with Gasteiger partial charge in [-0.2, -0.15) is 0 Å². The molecule has 1 aromatic rings. The summed E-state index contributed by atoms with van der Waals surface area (Å²) in [7, 11) is -3.85. The Balaban J connectivity index is 2.21. The maximum Gasteiger partial charge on any atom is 0.238 e. The summed E-state index contributed by atoms with van der Waals surface area (Å²) >= 11 is 5.82. The molecule has 21 heavy (non-hydrogen) atoms. The summed E-state index contributed by atoms with van der Waals surface area (Å²) in [5.74, 6) is -0.485. The molecule has 1 unspecified atom stereocenters. The molecule has 3 N–H and O–H groups in total. The van der Waals surface area contributed by atoms with E-state index in [4.69, 9.17) is 17.3 Å². The van der Waals surface area contributed by atoms with Crippen molar-refractivity contribution in [3.8, 4) is 0 Å². The van der Waals surface area contributed by atoms with Gasteiger partial charge in [0.1, 0.15) is 5.25 Å². The van der Waals surface area contributed by atoms with Gasteiger partial charge in [0, 0.05) is 11.1 Å². The van der Waals surface area contributed by atoms with Gasteiger partial charge < -0.3 is 11.1 Å². The number of nitrogen functional groups attached to an aromatic ring is 1. The normalized spacial score (nSPS) is 17.6. The molecule has 1 fully saturated rings. The van der Waals surface area contributed by atoms with Crippen molar-refractivity contribution in [3.63, 3.8) is 0 Å². The van der Waals surface area contributed by atoms with Crippen LogP contribution in [0.5, 0.6) is 0 Å². The van der Waals surface area contributed by atoms with Gasteiger partial charge >= 0.3 is 0 Å². The first-order chi connectivity index (χ1) is 9.82. The fourth-order valence-electron chi connectivity index (χ4n) is 2.47. The molecule has 116 valence electrons. The molecule has 1 atom stereocenters. The van der Waals surface area contributed by atoms with Gasteiger partial charge in [0.05, 0.1) is 10.6 Å². The summed E-state index contributed by atoms with van der Waals surface area (Å²) in [5.41, 5.74) is 5.80. The van der Waals surface area contributed by atoms with Gasteiger partial charge in [0.25, 0.3) is 0 Å². The average molecular weight is 331 g/mol. The molecule has 1 saturated carbocycles. The van der Waals surface area contributed by atoms with Crippen molar-refractivity contribution < 1.29 is 13.2 Å². The van der Waals surface area contributed by atoms with Crippen LogP contribution in [-0.2, 0) is 14.6 Å². The van der Waals surface area contributed by atoms with Crippen LogP contribution in [0.2, 0.25) is 5.02 Å². The molecular weight excluding hydrogens is 312 g/mol. The summed E-state index contributed by atoms with van der Waals surface area (Å²) < 4.78 is 25.0. The summed E-state index contributed by atoms with van der Waals surface area (Å²) in [6.45, 7) is 1.37. The average Bonchev–Trinajstić information content (AvgIpc) is 2.93. The fraction of sp³-hybridized carbons (Fsp3) is 0.500. The Hall–Kier alpha value is -1.27. The molecule has 0 bridgehead atoms. The van der Waals surface area contributed by atoms with E-state index >= 15 is 0 Å². The predicted octanol–water partition coefficient (Wildman–Crippen LogP) is 2.14. The lowest BCUT2D eigenvalue weighted by atomic mass is 10.2. The van der Waals surface area contributed by atoms with E-state index in [9.17, 15) is 13.2 Å². The van der Waals surface area contributed by atoms with Gasteiger partial charge in [-0.1, -0.05) is 24.4 Å². The second kappa shape index (κ2) is 6.23. The lowest BCUT2D eigenvalue weighted by Gasteiger charge is -2.18. The highest BCUT2D eigenvalue weighted by atomic mass is 35.5. The van der Waals surface area contributed by atoms with Crippen molar-refractivity contribution in [2.75, 3.05) is 5.73 Å². The van der Waals surface area contributed by atoms with Gasteiger partial charge in [0.2, 0.25) is 5.91 Å². The zero-order chi connectivity index (χ0) is 15.6. The Morgan fingerprint density at radius 1 is 1.38 bits per heavy atom. The molecule has 0 radical (unpaired) electrons. The zero-order valence-electron chi connectivity index (χ0n) is 11.8. The molecule has 1 aliphatic rings. The van der Waals surface area contributed by atoms with Crippen LogP contribution in [0.25, 0.3) is 0 Å². The molecule has 1 aromatic carbocycles. The smallest absolute Gasteiger partial charge is 0.238 e. The second-order valence-corrected chi connectivity index (χ2v) is 8.03. The van der Waals surface area contributed by atoms with Crippen LogP contribution in [0, 0.1) is 0 Å². The minimum atomic E-state index is -3.85. The third-order valence-electron chi connectivity index (χ3n) is 3.82. The van der Waals surface area contributed by atoms with Crippen LogP contribution in [-0.4, -0.2) is 25.6 Å². The number of amides is 1. The van der Waals surface area contributed by atoms with Crippen LogP contribution in [0.4, 0.5) is 5.69 Å². The second-order valence-electron chi connectivity index (χ2n) is 5.36. The maximum atomic E-state index is 12.5. The van der Waals surface area contributed by atoms with E-state index < -0.39 is 21.0 Å². The summed E-state index contributed by atoms with van der Waals surface area (Å²) in [4.78, 5) is 12.1. The number of hydrogen-bond acceptors (Lipinski definition) is 4. The number of carbonyl (C=O) groups is 1. The number of halogens is 1. The number of carbonyl (C=O) groups excluding carboxylic acids is 1. The summed E-state index contributed by atoms with van der Waals surface area (Å²) in [6, 6.07) is 4.30. The van der Waals surface area contributed by atoms with Crippen LogP contribution in [0.3, 0.4) is 0 Å². The van der Waals surface area contributed by atoms with Crippen LogP contribution in [0.1, 0.15) is 32.6 Å². The van der Waals surface area contributed by atoms with Crippen molar-refractivity contribution >= 4 is 33.0 Å². The monoisotopic (exact) mass is 330 g/mol. The van der Waals surface area contributed by atoms with Crippen molar-refractivity contribution in [1.29, 1.82) is 0 Å². The van der Waals surface area contributed by atoms with Gasteiger partial charge in [0.15, 0.2) is 9.84 Å². The van der Waals surface area contributed by atoms with Crippen molar-refractivity contribution in [1.82, 2.24) is 5.32 Å². The number of rotatable bonds is 4. The number of hydrogen-bond donors (Lipinski definition) is 2. The zero-order valence-corrected chi connectivity index (χ0v) is 13.4. The number of sulfone groups is 1. The molecular formula is C14H19ClN2O3S. The minimum Gasteiger partial charge on any atom is -0.398 e. The van der Waals surface area contributed by atoms with E-state index in [0.717, 1.165) is 25.7 Å². The van der Waals surface area contributed by atoms with Crippen LogP contribution >= 0.6 is 11.6 Å². The fourth-order valence-corrected chi connectivity index (χ4v) is 4.13. The Morgan fingerprint density at radius 2 is 2.00 bits per heavy atom. The van der Waals surface area contributed by atoms with Crippen LogP contribution in [0.15, 0.2) is 23.1 Å². The summed E-state index contributed by atoms with van der Waals surface area (Å²) in [6.07, 6.45) is 3.93. The summed E-state index contributed by atoms with van der Waals surface area (Å²) in [5, 5.41) is 1.87. The van der Waals surface area contributed by atoms with Crippen LogP contribution < -0.4 is 11.1 Å². The SMILES string of the molecule is CC(C(=O)NC1CCCC1)S(=O)(=O)c1cc(Cl)ccc1N. The highest BCUT2D eigenvalue weighted by molar-refractivity contribution is 7.93.